The quantitative estimate of drug-likeness (QED) is 0.721. The molecule has 2 aromatic carbocycles. The summed E-state index contributed by atoms with van der Waals surface area (Å²) in [6, 6.07) is 19.8. The number of hydrogen-bond donors (Lipinski definition) is 1. The zero-order chi connectivity index (χ0) is 17.8. The average Bonchev–Trinajstić information content (AvgIpc) is 3.13. The summed E-state index contributed by atoms with van der Waals surface area (Å²) >= 11 is 0. The highest BCUT2D eigenvalue weighted by atomic mass is 19.1. The standard InChI is InChI=1S/C22H24FN3/c23-19-6-8-22(9-7-19)26-15-12-21(17-26)24-20-10-13-25(14-11-20)16-18-4-2-1-3-5-18/h1-9,12,15,17,20,24H,10-11,13-14,16H2. The average molecular weight is 349 g/mol. The summed E-state index contributed by atoms with van der Waals surface area (Å²) in [5.74, 6) is -0.207. The van der Waals surface area contributed by atoms with Gasteiger partial charge in [-0.3, -0.25) is 4.90 Å². The van der Waals surface area contributed by atoms with Gasteiger partial charge in [-0.05, 0) is 48.7 Å². The Bertz CT molecular complexity index is 818. The van der Waals surface area contributed by atoms with E-state index in [1.54, 1.807) is 12.1 Å². The first-order chi connectivity index (χ1) is 12.8. The van der Waals surface area contributed by atoms with E-state index < -0.39 is 0 Å². The van der Waals surface area contributed by atoms with Crippen molar-refractivity contribution in [3.63, 3.8) is 0 Å². The molecule has 4 heteroatoms. The van der Waals surface area contributed by atoms with Gasteiger partial charge in [-0.2, -0.15) is 0 Å². The van der Waals surface area contributed by atoms with Gasteiger partial charge in [0.2, 0.25) is 0 Å². The van der Waals surface area contributed by atoms with E-state index in [-0.39, 0.29) is 5.82 Å². The monoisotopic (exact) mass is 349 g/mol. The second kappa shape index (κ2) is 7.75. The van der Waals surface area contributed by atoms with Crippen molar-refractivity contribution in [1.29, 1.82) is 0 Å². The Kier molecular flexibility index (Phi) is 5.02. The van der Waals surface area contributed by atoms with Gasteiger partial charge in [0.25, 0.3) is 0 Å². The van der Waals surface area contributed by atoms with Gasteiger partial charge < -0.3 is 9.88 Å². The molecule has 1 aliphatic rings. The summed E-state index contributed by atoms with van der Waals surface area (Å²) in [5, 5.41) is 3.65. The van der Waals surface area contributed by atoms with Crippen molar-refractivity contribution in [2.75, 3.05) is 18.4 Å². The molecule has 1 fully saturated rings. The van der Waals surface area contributed by atoms with Gasteiger partial charge in [-0.25, -0.2) is 4.39 Å². The third-order valence-corrected chi connectivity index (χ3v) is 5.03. The molecule has 0 unspecified atom stereocenters. The molecule has 3 aromatic rings. The molecule has 1 N–H and O–H groups in total. The molecule has 1 aliphatic heterocycles. The van der Waals surface area contributed by atoms with E-state index in [1.807, 2.05) is 10.8 Å². The number of nitrogens with one attached hydrogen (secondary N) is 1. The molecule has 4 rings (SSSR count). The molecule has 0 amide bonds. The fourth-order valence-electron chi connectivity index (χ4n) is 3.57. The van der Waals surface area contributed by atoms with E-state index >= 15 is 0 Å². The molecule has 0 atom stereocenters. The molecular formula is C22H24FN3. The maximum atomic E-state index is 13.1. The molecule has 26 heavy (non-hydrogen) atoms. The van der Waals surface area contributed by atoms with E-state index in [9.17, 15) is 4.39 Å². The summed E-state index contributed by atoms with van der Waals surface area (Å²) in [6.45, 7) is 3.27. The number of piperidine rings is 1. The number of nitrogens with zero attached hydrogens (tertiary/aromatic N) is 2. The lowest BCUT2D eigenvalue weighted by atomic mass is 10.0. The molecule has 0 bridgehead atoms. The zero-order valence-corrected chi connectivity index (χ0v) is 14.8. The first kappa shape index (κ1) is 16.9. The molecule has 1 saturated heterocycles. The first-order valence-electron chi connectivity index (χ1n) is 9.23. The van der Waals surface area contributed by atoms with Crippen LogP contribution in [0.3, 0.4) is 0 Å². The van der Waals surface area contributed by atoms with Crippen molar-refractivity contribution in [3.05, 3.63) is 84.4 Å². The molecule has 3 nitrogen and oxygen atoms in total. The van der Waals surface area contributed by atoms with Gasteiger partial charge in [0.15, 0.2) is 0 Å². The second-order valence-electron chi connectivity index (χ2n) is 6.96. The summed E-state index contributed by atoms with van der Waals surface area (Å²) in [5.41, 5.74) is 3.48. The topological polar surface area (TPSA) is 20.2 Å². The number of rotatable bonds is 5. The van der Waals surface area contributed by atoms with Crippen LogP contribution in [-0.4, -0.2) is 28.6 Å². The Morgan fingerprint density at radius 2 is 1.65 bits per heavy atom. The van der Waals surface area contributed by atoms with Gasteiger partial charge in [0.1, 0.15) is 5.82 Å². The van der Waals surface area contributed by atoms with E-state index in [1.165, 1.54) is 17.7 Å². The molecule has 2 heterocycles. The Labute approximate surface area is 154 Å². The Morgan fingerprint density at radius 3 is 2.38 bits per heavy atom. The van der Waals surface area contributed by atoms with Crippen LogP contribution in [0, 0.1) is 5.82 Å². The van der Waals surface area contributed by atoms with Crippen LogP contribution in [0.25, 0.3) is 5.69 Å². The minimum Gasteiger partial charge on any atom is -0.381 e. The van der Waals surface area contributed by atoms with Crippen LogP contribution in [0.2, 0.25) is 0 Å². The lowest BCUT2D eigenvalue weighted by molar-refractivity contribution is 0.211. The maximum Gasteiger partial charge on any atom is 0.123 e. The van der Waals surface area contributed by atoms with Crippen LogP contribution in [-0.2, 0) is 6.54 Å². The van der Waals surface area contributed by atoms with Crippen LogP contribution in [0.4, 0.5) is 10.1 Å². The Balaban J connectivity index is 1.30. The second-order valence-corrected chi connectivity index (χ2v) is 6.96. The molecule has 0 radical (unpaired) electrons. The highest BCUT2D eigenvalue weighted by Gasteiger charge is 2.19. The Morgan fingerprint density at radius 1 is 0.923 bits per heavy atom. The third-order valence-electron chi connectivity index (χ3n) is 5.03. The highest BCUT2D eigenvalue weighted by molar-refractivity contribution is 5.46. The SMILES string of the molecule is Fc1ccc(-n2ccc(NC3CCN(Cc4ccccc4)CC3)c2)cc1. The number of benzene rings is 2. The largest absolute Gasteiger partial charge is 0.381 e. The van der Waals surface area contributed by atoms with Gasteiger partial charge in [0, 0.05) is 43.8 Å². The van der Waals surface area contributed by atoms with Crippen LogP contribution < -0.4 is 5.32 Å². The van der Waals surface area contributed by atoms with Crippen molar-refractivity contribution >= 4 is 5.69 Å². The zero-order valence-electron chi connectivity index (χ0n) is 14.8. The lowest BCUT2D eigenvalue weighted by Gasteiger charge is -2.32. The summed E-state index contributed by atoms with van der Waals surface area (Å²) in [6.07, 6.45) is 6.38. The van der Waals surface area contributed by atoms with E-state index in [2.05, 4.69) is 52.8 Å². The van der Waals surface area contributed by atoms with E-state index in [4.69, 9.17) is 0 Å². The molecule has 134 valence electrons. The predicted octanol–water partition coefficient (Wildman–Crippen LogP) is 4.69. The maximum absolute atomic E-state index is 13.1. The number of aromatic nitrogens is 1. The number of likely N-dealkylation sites (tertiary alicyclic amines) is 1. The van der Waals surface area contributed by atoms with Gasteiger partial charge >= 0.3 is 0 Å². The predicted molar refractivity (Wildman–Crippen MR) is 104 cm³/mol. The van der Waals surface area contributed by atoms with Crippen LogP contribution in [0.15, 0.2) is 73.1 Å². The van der Waals surface area contributed by atoms with E-state index in [0.717, 1.165) is 43.9 Å². The highest BCUT2D eigenvalue weighted by Crippen LogP contribution is 2.20. The summed E-state index contributed by atoms with van der Waals surface area (Å²) in [7, 11) is 0. The van der Waals surface area contributed by atoms with Gasteiger partial charge in [0.05, 0.1) is 5.69 Å². The van der Waals surface area contributed by atoms with Crippen molar-refractivity contribution < 1.29 is 4.39 Å². The number of anilines is 1. The van der Waals surface area contributed by atoms with Crippen LogP contribution in [0.5, 0.6) is 0 Å². The molecule has 1 aromatic heterocycles. The fraction of sp³-hybridized carbons (Fsp3) is 0.273. The van der Waals surface area contributed by atoms with Crippen LogP contribution >= 0.6 is 0 Å². The van der Waals surface area contributed by atoms with Gasteiger partial charge in [-0.15, -0.1) is 0 Å². The van der Waals surface area contributed by atoms with Gasteiger partial charge in [-0.1, -0.05) is 30.3 Å². The lowest BCUT2D eigenvalue weighted by Crippen LogP contribution is -2.38. The minimum absolute atomic E-state index is 0.207. The third kappa shape index (κ3) is 4.14. The van der Waals surface area contributed by atoms with Crippen molar-refractivity contribution in [1.82, 2.24) is 9.47 Å². The summed E-state index contributed by atoms with van der Waals surface area (Å²) in [4.78, 5) is 2.53. The molecule has 0 saturated carbocycles. The van der Waals surface area contributed by atoms with Crippen molar-refractivity contribution in [2.45, 2.75) is 25.4 Å². The van der Waals surface area contributed by atoms with E-state index in [0.29, 0.717) is 6.04 Å². The number of hydrogen-bond acceptors (Lipinski definition) is 2. The Hall–Kier alpha value is -2.59. The molecule has 0 spiro atoms. The van der Waals surface area contributed by atoms with Crippen molar-refractivity contribution in [3.8, 4) is 5.69 Å². The minimum atomic E-state index is -0.207. The normalized spacial score (nSPS) is 15.9. The molecular weight excluding hydrogens is 325 g/mol. The fourth-order valence-corrected chi connectivity index (χ4v) is 3.57. The van der Waals surface area contributed by atoms with Crippen LogP contribution in [0.1, 0.15) is 18.4 Å². The smallest absolute Gasteiger partial charge is 0.123 e. The number of halogens is 1. The summed E-state index contributed by atoms with van der Waals surface area (Å²) < 4.78 is 15.1. The van der Waals surface area contributed by atoms with Crippen molar-refractivity contribution in [2.24, 2.45) is 0 Å². The first-order valence-corrected chi connectivity index (χ1v) is 9.23. The molecule has 0 aliphatic carbocycles.